The van der Waals surface area contributed by atoms with Gasteiger partial charge >= 0.3 is 0 Å². The highest BCUT2D eigenvalue weighted by atomic mass is 15.2. The van der Waals surface area contributed by atoms with Crippen LogP contribution in [0.4, 0.5) is 0 Å². The highest BCUT2D eigenvalue weighted by Crippen LogP contribution is 2.00. The Balaban J connectivity index is 4.01. The van der Waals surface area contributed by atoms with Crippen LogP contribution in [0.25, 0.3) is 0 Å². The lowest BCUT2D eigenvalue weighted by atomic mass is 10.2. The van der Waals surface area contributed by atoms with Gasteiger partial charge in [0.1, 0.15) is 0 Å². The molecule has 0 bridgehead atoms. The zero-order valence-corrected chi connectivity index (χ0v) is 31.8. The Morgan fingerprint density at radius 2 is 0.510 bits per heavy atom. The van der Waals surface area contributed by atoms with E-state index < -0.39 is 0 Å². The summed E-state index contributed by atoms with van der Waals surface area (Å²) in [5.74, 6) is 0. The molecule has 0 heterocycles. The van der Waals surface area contributed by atoms with Crippen LogP contribution in [0.1, 0.15) is 38.5 Å². The normalized spacial score (nSPS) is 12.1. The minimum Gasteiger partial charge on any atom is -0.329 e. The van der Waals surface area contributed by atoms with Crippen LogP contribution in [0.2, 0.25) is 0 Å². The smallest absolute Gasteiger partial charge is 0.0110 e. The van der Waals surface area contributed by atoms with Gasteiger partial charge in [-0.15, -0.1) is 0 Å². The molecule has 0 fully saturated rings. The highest BCUT2D eigenvalue weighted by molar-refractivity contribution is 4.69. The van der Waals surface area contributed by atoms with Crippen molar-refractivity contribution in [2.24, 2.45) is 34.4 Å². The maximum Gasteiger partial charge on any atom is 0.0110 e. The van der Waals surface area contributed by atoms with Crippen molar-refractivity contribution < 1.29 is 0 Å². The third kappa shape index (κ3) is 34.3. The summed E-state index contributed by atoms with van der Waals surface area (Å²) in [5, 5.41) is 17.6. The number of hydrogen-bond acceptors (Lipinski definition) is 15. The van der Waals surface area contributed by atoms with Crippen LogP contribution in [0.5, 0.6) is 0 Å². The molecule has 0 amide bonds. The molecule has 15 nitrogen and oxygen atoms in total. The summed E-state index contributed by atoms with van der Waals surface area (Å²) < 4.78 is 0. The molecule has 0 unspecified atom stereocenters. The second-order valence-corrected chi connectivity index (χ2v) is 13.0. The number of nitrogens with two attached hydrogens (primary N) is 6. The molecule has 0 spiro atoms. The molecule has 0 aromatic rings. The van der Waals surface area contributed by atoms with Gasteiger partial charge in [-0.1, -0.05) is 12.8 Å². The molecule has 0 saturated heterocycles. The zero-order valence-electron chi connectivity index (χ0n) is 31.8. The quantitative estimate of drug-likeness (QED) is 0.0274. The van der Waals surface area contributed by atoms with E-state index in [1.54, 1.807) is 0 Å². The van der Waals surface area contributed by atoms with Crippen LogP contribution in [0, 0.1) is 0 Å². The molecular weight excluding hydrogens is 618 g/mol. The largest absolute Gasteiger partial charge is 0.329 e. The summed E-state index contributed by atoms with van der Waals surface area (Å²) in [4.78, 5) is 9.96. The van der Waals surface area contributed by atoms with E-state index >= 15 is 0 Å². The molecule has 0 aliphatic heterocycles. The van der Waals surface area contributed by atoms with Crippen molar-refractivity contribution in [2.45, 2.75) is 38.5 Å². The van der Waals surface area contributed by atoms with Crippen LogP contribution in [0.3, 0.4) is 0 Å². The lowest BCUT2D eigenvalue weighted by Crippen LogP contribution is -2.44. The lowest BCUT2D eigenvalue weighted by molar-refractivity contribution is 0.204. The van der Waals surface area contributed by atoms with E-state index in [4.69, 9.17) is 34.4 Å². The van der Waals surface area contributed by atoms with E-state index in [-0.39, 0.29) is 0 Å². The molecule has 0 rings (SSSR count). The summed E-state index contributed by atoms with van der Waals surface area (Å²) in [6, 6.07) is 0. The van der Waals surface area contributed by atoms with Crippen LogP contribution in [-0.2, 0) is 0 Å². The van der Waals surface area contributed by atoms with Crippen LogP contribution < -0.4 is 61.0 Å². The van der Waals surface area contributed by atoms with E-state index in [2.05, 4.69) is 46.2 Å². The van der Waals surface area contributed by atoms with Crippen molar-refractivity contribution in [3.63, 3.8) is 0 Å². The average Bonchev–Trinajstić information content (AvgIpc) is 3.10. The highest BCUT2D eigenvalue weighted by Gasteiger charge is 2.10. The fraction of sp³-hybridized carbons (Fsp3) is 1.00. The van der Waals surface area contributed by atoms with Gasteiger partial charge in [0.25, 0.3) is 0 Å². The molecule has 0 saturated carbocycles. The third-order valence-electron chi connectivity index (χ3n) is 8.72. The summed E-state index contributed by atoms with van der Waals surface area (Å²) in [5.41, 5.74) is 34.4. The number of hydrogen-bond donors (Lipinski definition) is 11. The van der Waals surface area contributed by atoms with Crippen molar-refractivity contribution in [3.05, 3.63) is 0 Å². The van der Waals surface area contributed by atoms with Gasteiger partial charge in [0.15, 0.2) is 0 Å². The van der Waals surface area contributed by atoms with Crippen molar-refractivity contribution in [3.8, 4) is 0 Å². The number of nitrogens with zero attached hydrogens (tertiary/aromatic N) is 4. The van der Waals surface area contributed by atoms with Gasteiger partial charge in [-0.3, -0.25) is 14.7 Å². The number of unbranched alkanes of at least 4 members (excludes halogenated alkanes) is 4. The Bertz CT molecular complexity index is 604. The van der Waals surface area contributed by atoms with E-state index in [0.717, 1.165) is 144 Å². The van der Waals surface area contributed by atoms with E-state index in [0.29, 0.717) is 39.3 Å². The first kappa shape index (κ1) is 48.4. The van der Waals surface area contributed by atoms with Crippen molar-refractivity contribution in [2.75, 3.05) is 183 Å². The Morgan fingerprint density at radius 3 is 0.857 bits per heavy atom. The summed E-state index contributed by atoms with van der Waals surface area (Å²) in [7, 11) is 0. The lowest BCUT2D eigenvalue weighted by Gasteiger charge is -2.28. The maximum atomic E-state index is 5.95. The predicted molar refractivity (Wildman–Crippen MR) is 212 cm³/mol. The Labute approximate surface area is 302 Å². The van der Waals surface area contributed by atoms with Crippen LogP contribution in [0.15, 0.2) is 0 Å². The number of nitrogens with one attached hydrogen (secondary N) is 5. The first-order chi connectivity index (χ1) is 24.1. The average molecular weight is 704 g/mol. The van der Waals surface area contributed by atoms with Gasteiger partial charge in [-0.05, 0) is 51.9 Å². The first-order valence-electron chi connectivity index (χ1n) is 19.8. The zero-order chi connectivity index (χ0) is 35.9. The first-order valence-corrected chi connectivity index (χ1v) is 19.8. The van der Waals surface area contributed by atoms with Crippen molar-refractivity contribution in [1.82, 2.24) is 46.2 Å². The van der Waals surface area contributed by atoms with Crippen molar-refractivity contribution in [1.29, 1.82) is 0 Å². The summed E-state index contributed by atoms with van der Waals surface area (Å²) >= 11 is 0. The molecule has 0 atom stereocenters. The van der Waals surface area contributed by atoms with Gasteiger partial charge in [-0.2, -0.15) is 0 Å². The van der Waals surface area contributed by atoms with Gasteiger partial charge in [-0.25, -0.2) is 0 Å². The molecule has 0 aromatic heterocycles. The predicted octanol–water partition coefficient (Wildman–Crippen LogP) is -3.76. The van der Waals surface area contributed by atoms with Gasteiger partial charge in [0.05, 0.1) is 0 Å². The molecule has 0 radical (unpaired) electrons. The van der Waals surface area contributed by atoms with Crippen LogP contribution in [-0.4, -0.2) is 203 Å². The fourth-order valence-electron chi connectivity index (χ4n) is 5.77. The third-order valence-corrected chi connectivity index (χ3v) is 8.72. The molecule has 0 aromatic carbocycles. The number of rotatable bonds is 42. The van der Waals surface area contributed by atoms with E-state index in [1.165, 1.54) is 38.5 Å². The standard InChI is InChI=1S/C34H85N15/c35-7-16-43-20-28-48(34-32-47(25-11-39)26-12-40)27-19-42-15-4-1-3-13-41-14-5-2-6-23-46(24-10-38)31-33-49(29-21-44-17-8-36)30-22-45-18-9-37/h41-45H,1-40H2. The molecule has 0 aliphatic carbocycles. The van der Waals surface area contributed by atoms with Gasteiger partial charge in [0, 0.05) is 157 Å². The summed E-state index contributed by atoms with van der Waals surface area (Å²) in [6.07, 6.45) is 7.44. The van der Waals surface area contributed by atoms with E-state index in [1.807, 2.05) is 0 Å². The molecule has 296 valence electrons. The SMILES string of the molecule is NCCNCCN(CCNCCCCCNCCCCCN(CCN)CCN(CCNCCN)CCNCCN)CCN(CCN)CCN. The Hall–Kier alpha value is -0.600. The Kier molecular flexibility index (Phi) is 39.7. The minimum absolute atomic E-state index is 0.675. The maximum absolute atomic E-state index is 5.95. The van der Waals surface area contributed by atoms with Gasteiger partial charge in [0.2, 0.25) is 0 Å². The molecule has 17 N–H and O–H groups in total. The topological polar surface area (TPSA) is 229 Å². The second kappa shape index (κ2) is 40.2. The van der Waals surface area contributed by atoms with Crippen LogP contribution >= 0.6 is 0 Å². The van der Waals surface area contributed by atoms with Gasteiger partial charge < -0.3 is 65.9 Å². The molecule has 15 heteroatoms. The fourth-order valence-corrected chi connectivity index (χ4v) is 5.77. The molecule has 49 heavy (non-hydrogen) atoms. The van der Waals surface area contributed by atoms with E-state index in [9.17, 15) is 0 Å². The summed E-state index contributed by atoms with van der Waals surface area (Å²) in [6.45, 7) is 26.1. The monoisotopic (exact) mass is 704 g/mol. The second-order valence-electron chi connectivity index (χ2n) is 13.0. The Morgan fingerprint density at radius 1 is 0.224 bits per heavy atom. The molecule has 0 aliphatic rings. The van der Waals surface area contributed by atoms with Crippen molar-refractivity contribution >= 4 is 0 Å². The minimum atomic E-state index is 0.675. The molecular formula is C34H85N15.